The van der Waals surface area contributed by atoms with Crippen LogP contribution in [-0.4, -0.2) is 18.2 Å². The SMILES string of the molecule is Cn1ccc(OS(=O)(=O)c2ccc(F)cc2)n1. The largest absolute Gasteiger partial charge is 0.357 e. The van der Waals surface area contributed by atoms with Gasteiger partial charge < -0.3 is 4.18 Å². The molecule has 0 aliphatic carbocycles. The number of aryl methyl sites for hydroxylation is 1. The molecule has 0 aliphatic rings. The van der Waals surface area contributed by atoms with E-state index in [0.717, 1.165) is 24.3 Å². The summed E-state index contributed by atoms with van der Waals surface area (Å²) in [6.45, 7) is 0. The molecule has 0 fully saturated rings. The Labute approximate surface area is 97.6 Å². The quantitative estimate of drug-likeness (QED) is 0.777. The molecule has 0 atom stereocenters. The highest BCUT2D eigenvalue weighted by Gasteiger charge is 2.17. The van der Waals surface area contributed by atoms with E-state index >= 15 is 0 Å². The van der Waals surface area contributed by atoms with Crippen molar-refractivity contribution in [1.82, 2.24) is 9.78 Å². The first kappa shape index (κ1) is 11.6. The fourth-order valence-electron chi connectivity index (χ4n) is 1.20. The minimum Gasteiger partial charge on any atom is -0.357 e. The number of hydrogen-bond acceptors (Lipinski definition) is 4. The molecule has 0 unspecified atom stereocenters. The van der Waals surface area contributed by atoms with Crippen LogP contribution in [0.1, 0.15) is 0 Å². The zero-order valence-corrected chi connectivity index (χ0v) is 9.69. The predicted octanol–water partition coefficient (Wildman–Crippen LogP) is 1.33. The average Bonchev–Trinajstić information content (AvgIpc) is 2.63. The lowest BCUT2D eigenvalue weighted by Crippen LogP contribution is -2.10. The van der Waals surface area contributed by atoms with Gasteiger partial charge in [0.25, 0.3) is 5.88 Å². The molecule has 1 aromatic heterocycles. The van der Waals surface area contributed by atoms with Crippen molar-refractivity contribution in [2.75, 3.05) is 0 Å². The third-order valence-electron chi connectivity index (χ3n) is 1.99. The molecule has 7 heteroatoms. The van der Waals surface area contributed by atoms with Crippen molar-refractivity contribution in [2.24, 2.45) is 7.05 Å². The topological polar surface area (TPSA) is 61.2 Å². The molecule has 0 saturated heterocycles. The van der Waals surface area contributed by atoms with E-state index in [4.69, 9.17) is 4.18 Å². The van der Waals surface area contributed by atoms with Crippen LogP contribution in [0.5, 0.6) is 5.88 Å². The van der Waals surface area contributed by atoms with Gasteiger partial charge in [-0.1, -0.05) is 0 Å². The summed E-state index contributed by atoms with van der Waals surface area (Å²) in [5.41, 5.74) is 0. The van der Waals surface area contributed by atoms with E-state index in [9.17, 15) is 12.8 Å². The van der Waals surface area contributed by atoms with E-state index in [2.05, 4.69) is 5.10 Å². The Morgan fingerprint density at radius 2 is 1.88 bits per heavy atom. The highest BCUT2D eigenvalue weighted by molar-refractivity contribution is 7.87. The van der Waals surface area contributed by atoms with Crippen LogP contribution in [0, 0.1) is 5.82 Å². The van der Waals surface area contributed by atoms with Gasteiger partial charge in [0.05, 0.1) is 0 Å². The molecule has 90 valence electrons. The molecule has 17 heavy (non-hydrogen) atoms. The molecule has 2 aromatic rings. The lowest BCUT2D eigenvalue weighted by Gasteiger charge is -2.03. The van der Waals surface area contributed by atoms with Gasteiger partial charge in [0.1, 0.15) is 10.7 Å². The summed E-state index contributed by atoms with van der Waals surface area (Å²) in [6, 6.07) is 5.78. The van der Waals surface area contributed by atoms with E-state index in [1.807, 2.05) is 0 Å². The summed E-state index contributed by atoms with van der Waals surface area (Å²) in [7, 11) is -2.32. The highest BCUT2D eigenvalue weighted by atomic mass is 32.2. The van der Waals surface area contributed by atoms with Crippen molar-refractivity contribution < 1.29 is 17.0 Å². The second kappa shape index (κ2) is 4.17. The zero-order valence-electron chi connectivity index (χ0n) is 8.87. The van der Waals surface area contributed by atoms with Crippen LogP contribution in [-0.2, 0) is 17.2 Å². The van der Waals surface area contributed by atoms with Gasteiger partial charge >= 0.3 is 10.1 Å². The van der Waals surface area contributed by atoms with Crippen LogP contribution in [0.25, 0.3) is 0 Å². The number of aromatic nitrogens is 2. The van der Waals surface area contributed by atoms with Gasteiger partial charge in [-0.15, -0.1) is 5.10 Å². The van der Waals surface area contributed by atoms with E-state index in [1.165, 1.54) is 10.7 Å². The number of halogens is 1. The van der Waals surface area contributed by atoms with Crippen molar-refractivity contribution in [3.63, 3.8) is 0 Å². The number of hydrogen-bond donors (Lipinski definition) is 0. The molecule has 0 amide bonds. The Morgan fingerprint density at radius 3 is 2.41 bits per heavy atom. The van der Waals surface area contributed by atoms with Crippen molar-refractivity contribution in [2.45, 2.75) is 4.90 Å². The van der Waals surface area contributed by atoms with E-state index in [1.54, 1.807) is 13.2 Å². The van der Waals surface area contributed by atoms with E-state index in [0.29, 0.717) is 0 Å². The minimum absolute atomic E-state index is 0.0307. The second-order valence-electron chi connectivity index (χ2n) is 3.32. The molecule has 0 radical (unpaired) electrons. The summed E-state index contributed by atoms with van der Waals surface area (Å²) >= 11 is 0. The van der Waals surface area contributed by atoms with E-state index < -0.39 is 15.9 Å². The minimum atomic E-state index is -3.96. The van der Waals surface area contributed by atoms with Crippen LogP contribution < -0.4 is 4.18 Å². The standard InChI is InChI=1S/C10H9FN2O3S/c1-13-7-6-10(12-13)16-17(14,15)9-4-2-8(11)3-5-9/h2-7H,1H3. The van der Waals surface area contributed by atoms with Gasteiger partial charge in [-0.2, -0.15) is 8.42 Å². The van der Waals surface area contributed by atoms with Crippen LogP contribution in [0.4, 0.5) is 4.39 Å². The van der Waals surface area contributed by atoms with Crippen molar-refractivity contribution >= 4 is 10.1 Å². The third-order valence-corrected chi connectivity index (χ3v) is 3.23. The molecule has 2 rings (SSSR count). The maximum atomic E-state index is 12.7. The fraction of sp³-hybridized carbons (Fsp3) is 0.100. The molecule has 1 aromatic carbocycles. The molecule has 5 nitrogen and oxygen atoms in total. The Kier molecular flexibility index (Phi) is 2.84. The summed E-state index contributed by atoms with van der Waals surface area (Å²) in [4.78, 5) is -0.121. The maximum Gasteiger partial charge on any atom is 0.340 e. The summed E-state index contributed by atoms with van der Waals surface area (Å²) in [5.74, 6) is -0.543. The Morgan fingerprint density at radius 1 is 1.24 bits per heavy atom. The molecule has 0 bridgehead atoms. The fourth-order valence-corrected chi connectivity index (χ4v) is 2.08. The van der Waals surface area contributed by atoms with Gasteiger partial charge in [-0.05, 0) is 24.3 Å². The van der Waals surface area contributed by atoms with Crippen LogP contribution >= 0.6 is 0 Å². The number of nitrogens with zero attached hydrogens (tertiary/aromatic N) is 2. The molecular weight excluding hydrogens is 247 g/mol. The van der Waals surface area contributed by atoms with E-state index in [-0.39, 0.29) is 10.8 Å². The first-order valence-corrected chi connectivity index (χ1v) is 6.08. The lowest BCUT2D eigenvalue weighted by atomic mass is 10.4. The molecule has 1 heterocycles. The smallest absolute Gasteiger partial charge is 0.340 e. The number of rotatable bonds is 3. The number of benzene rings is 1. The average molecular weight is 256 g/mol. The zero-order chi connectivity index (χ0) is 12.5. The molecule has 0 N–H and O–H groups in total. The van der Waals surface area contributed by atoms with Gasteiger partial charge in [-0.3, -0.25) is 4.68 Å². The Hall–Kier alpha value is -1.89. The van der Waals surface area contributed by atoms with Gasteiger partial charge in [0.15, 0.2) is 0 Å². The maximum absolute atomic E-state index is 12.7. The molecular formula is C10H9FN2O3S. The third kappa shape index (κ3) is 2.62. The van der Waals surface area contributed by atoms with Gasteiger partial charge in [0, 0.05) is 19.3 Å². The van der Waals surface area contributed by atoms with Crippen LogP contribution in [0.15, 0.2) is 41.4 Å². The second-order valence-corrected chi connectivity index (χ2v) is 4.87. The summed E-state index contributed by atoms with van der Waals surface area (Å²) < 4.78 is 42.3. The lowest BCUT2D eigenvalue weighted by molar-refractivity contribution is 0.470. The molecule has 0 spiro atoms. The Bertz CT molecular complexity index is 619. The normalized spacial score (nSPS) is 11.4. The van der Waals surface area contributed by atoms with Gasteiger partial charge in [0.2, 0.25) is 0 Å². The van der Waals surface area contributed by atoms with Crippen LogP contribution in [0.3, 0.4) is 0 Å². The van der Waals surface area contributed by atoms with Crippen molar-refractivity contribution in [1.29, 1.82) is 0 Å². The monoisotopic (exact) mass is 256 g/mol. The van der Waals surface area contributed by atoms with Gasteiger partial charge in [-0.25, -0.2) is 4.39 Å². The summed E-state index contributed by atoms with van der Waals surface area (Å²) in [5, 5.41) is 3.78. The van der Waals surface area contributed by atoms with Crippen molar-refractivity contribution in [3.8, 4) is 5.88 Å². The first-order chi connectivity index (χ1) is 7.97. The first-order valence-electron chi connectivity index (χ1n) is 4.67. The highest BCUT2D eigenvalue weighted by Crippen LogP contribution is 2.16. The Balaban J connectivity index is 2.28. The van der Waals surface area contributed by atoms with Crippen molar-refractivity contribution in [3.05, 3.63) is 42.3 Å². The summed E-state index contributed by atoms with van der Waals surface area (Å²) in [6.07, 6.45) is 1.55. The van der Waals surface area contributed by atoms with Crippen LogP contribution in [0.2, 0.25) is 0 Å². The molecule has 0 aliphatic heterocycles. The molecule has 0 saturated carbocycles. The predicted molar refractivity (Wildman–Crippen MR) is 57.4 cm³/mol.